The molecule has 0 unspecified atom stereocenters. The van der Waals surface area contributed by atoms with E-state index in [0.717, 1.165) is 11.1 Å². The van der Waals surface area contributed by atoms with Crippen molar-refractivity contribution in [2.45, 2.75) is 13.5 Å². The second-order valence-corrected chi connectivity index (χ2v) is 5.68. The molecule has 0 spiro atoms. The highest BCUT2D eigenvalue weighted by molar-refractivity contribution is 6.35. The van der Waals surface area contributed by atoms with Gasteiger partial charge in [-0.2, -0.15) is 5.10 Å². The molecule has 9 nitrogen and oxygen atoms in total. The van der Waals surface area contributed by atoms with Gasteiger partial charge in [0.15, 0.2) is 10.7 Å². The number of aryl methyl sites for hydroxylation is 1. The molecule has 0 aliphatic heterocycles. The standard InChI is InChI=1S/C15H13ClN6O3/c1-9-4-2-3-5-10(9)7-21-8-11(6-17-21)18-15(23)13-12(16)14(20-19-13)22(24)25/h2-6,8H,7H2,1H3,(H,18,23)(H,19,20). The Balaban J connectivity index is 1.72. The van der Waals surface area contributed by atoms with Crippen molar-refractivity contribution in [3.05, 3.63) is 68.6 Å². The number of nitro groups is 1. The van der Waals surface area contributed by atoms with Crippen molar-refractivity contribution >= 4 is 29.0 Å². The van der Waals surface area contributed by atoms with Gasteiger partial charge < -0.3 is 15.4 Å². The van der Waals surface area contributed by atoms with Crippen LogP contribution in [0.25, 0.3) is 0 Å². The largest absolute Gasteiger partial charge is 0.362 e. The molecule has 0 atom stereocenters. The molecule has 3 rings (SSSR count). The second-order valence-electron chi connectivity index (χ2n) is 5.30. The number of carbonyl (C=O) groups excluding carboxylic acids is 1. The first-order valence-corrected chi connectivity index (χ1v) is 7.60. The maximum absolute atomic E-state index is 12.2. The average Bonchev–Trinajstić information content (AvgIpc) is 3.16. The number of aromatic nitrogens is 4. The Morgan fingerprint density at radius 3 is 2.88 bits per heavy atom. The van der Waals surface area contributed by atoms with Crippen LogP contribution in [-0.2, 0) is 6.54 Å². The van der Waals surface area contributed by atoms with Crippen molar-refractivity contribution in [3.63, 3.8) is 0 Å². The van der Waals surface area contributed by atoms with Gasteiger partial charge in [-0.15, -0.1) is 5.10 Å². The van der Waals surface area contributed by atoms with E-state index in [0.29, 0.717) is 12.2 Å². The second kappa shape index (κ2) is 6.73. The van der Waals surface area contributed by atoms with E-state index in [4.69, 9.17) is 11.6 Å². The molecule has 1 aromatic carbocycles. The van der Waals surface area contributed by atoms with E-state index in [1.54, 1.807) is 10.9 Å². The fraction of sp³-hybridized carbons (Fsp3) is 0.133. The Morgan fingerprint density at radius 2 is 2.20 bits per heavy atom. The number of anilines is 1. The highest BCUT2D eigenvalue weighted by atomic mass is 35.5. The van der Waals surface area contributed by atoms with E-state index < -0.39 is 16.6 Å². The fourth-order valence-electron chi connectivity index (χ4n) is 2.26. The number of hydrogen-bond donors (Lipinski definition) is 2. The minimum absolute atomic E-state index is 0.250. The number of aromatic amines is 1. The summed E-state index contributed by atoms with van der Waals surface area (Å²) in [4.78, 5) is 22.1. The van der Waals surface area contributed by atoms with Crippen LogP contribution in [0.3, 0.4) is 0 Å². The van der Waals surface area contributed by atoms with Gasteiger partial charge in [0.2, 0.25) is 0 Å². The molecule has 0 aliphatic rings. The summed E-state index contributed by atoms with van der Waals surface area (Å²) in [6.45, 7) is 2.56. The molecule has 2 N–H and O–H groups in total. The third-order valence-corrected chi connectivity index (χ3v) is 3.93. The highest BCUT2D eigenvalue weighted by Gasteiger charge is 2.25. The maximum Gasteiger partial charge on any atom is 0.362 e. The molecule has 0 bridgehead atoms. The summed E-state index contributed by atoms with van der Waals surface area (Å²) in [5.74, 6) is -1.19. The lowest BCUT2D eigenvalue weighted by molar-refractivity contribution is -0.389. The van der Waals surface area contributed by atoms with Gasteiger partial charge in [0.1, 0.15) is 0 Å². The fourth-order valence-corrected chi connectivity index (χ4v) is 2.50. The van der Waals surface area contributed by atoms with Crippen molar-refractivity contribution in [2.75, 3.05) is 5.32 Å². The van der Waals surface area contributed by atoms with Crippen molar-refractivity contribution in [1.29, 1.82) is 0 Å². The highest BCUT2D eigenvalue weighted by Crippen LogP contribution is 2.25. The molecular formula is C15H13ClN6O3. The number of H-pyrrole nitrogens is 1. The Bertz CT molecular complexity index is 948. The predicted molar refractivity (Wildman–Crippen MR) is 90.7 cm³/mol. The SMILES string of the molecule is Cc1ccccc1Cn1cc(NC(=O)c2n[nH]c([N+](=O)[O-])c2Cl)cn1. The summed E-state index contributed by atoms with van der Waals surface area (Å²) in [5, 5.41) is 22.8. The minimum atomic E-state index is -0.744. The van der Waals surface area contributed by atoms with Gasteiger partial charge in [-0.1, -0.05) is 41.0 Å². The number of carbonyl (C=O) groups is 1. The number of hydrogen-bond acceptors (Lipinski definition) is 5. The first kappa shape index (κ1) is 16.7. The zero-order chi connectivity index (χ0) is 18.0. The van der Waals surface area contributed by atoms with Crippen LogP contribution >= 0.6 is 11.6 Å². The summed E-state index contributed by atoms with van der Waals surface area (Å²) in [6.07, 6.45) is 3.13. The Hall–Kier alpha value is -3.20. The molecule has 1 amide bonds. The van der Waals surface area contributed by atoms with Crippen LogP contribution in [0.15, 0.2) is 36.7 Å². The van der Waals surface area contributed by atoms with E-state index in [1.165, 1.54) is 6.20 Å². The Labute approximate surface area is 146 Å². The van der Waals surface area contributed by atoms with Crippen molar-refractivity contribution < 1.29 is 9.72 Å². The van der Waals surface area contributed by atoms with Gasteiger partial charge in [0.25, 0.3) is 5.91 Å². The number of amides is 1. The van der Waals surface area contributed by atoms with Crippen LogP contribution in [-0.4, -0.2) is 30.8 Å². The monoisotopic (exact) mass is 360 g/mol. The predicted octanol–water partition coefficient (Wildman–Crippen LogP) is 2.78. The van der Waals surface area contributed by atoms with Gasteiger partial charge in [0.05, 0.1) is 18.4 Å². The van der Waals surface area contributed by atoms with E-state index in [-0.39, 0.29) is 10.7 Å². The number of halogens is 1. The average molecular weight is 361 g/mol. The third-order valence-electron chi connectivity index (χ3n) is 3.57. The number of benzene rings is 1. The molecule has 0 aliphatic carbocycles. The molecule has 2 heterocycles. The topological polar surface area (TPSA) is 119 Å². The summed E-state index contributed by atoms with van der Waals surface area (Å²) in [5.41, 5.74) is 2.42. The molecule has 128 valence electrons. The van der Waals surface area contributed by atoms with Crippen LogP contribution in [0.2, 0.25) is 5.02 Å². The lowest BCUT2D eigenvalue weighted by Gasteiger charge is -2.05. The number of nitrogens with zero attached hydrogens (tertiary/aromatic N) is 4. The molecule has 0 saturated heterocycles. The van der Waals surface area contributed by atoms with Gasteiger partial charge in [0, 0.05) is 6.20 Å². The lowest BCUT2D eigenvalue weighted by Crippen LogP contribution is -2.12. The molecule has 0 fully saturated rings. The van der Waals surface area contributed by atoms with Crippen molar-refractivity contribution in [3.8, 4) is 0 Å². The zero-order valence-corrected chi connectivity index (χ0v) is 13.8. The molecule has 10 heteroatoms. The van der Waals surface area contributed by atoms with E-state index in [1.807, 2.05) is 31.2 Å². The summed E-state index contributed by atoms with van der Waals surface area (Å²) in [6, 6.07) is 7.91. The first-order chi connectivity index (χ1) is 12.0. The zero-order valence-electron chi connectivity index (χ0n) is 13.1. The first-order valence-electron chi connectivity index (χ1n) is 7.22. The van der Waals surface area contributed by atoms with Gasteiger partial charge in [-0.05, 0) is 23.0 Å². The number of rotatable bonds is 5. The molecule has 25 heavy (non-hydrogen) atoms. The van der Waals surface area contributed by atoms with Crippen LogP contribution < -0.4 is 5.32 Å². The Morgan fingerprint density at radius 1 is 1.44 bits per heavy atom. The molecule has 0 radical (unpaired) electrons. The summed E-state index contributed by atoms with van der Waals surface area (Å²) >= 11 is 5.79. The van der Waals surface area contributed by atoms with Crippen LogP contribution in [0.4, 0.5) is 11.5 Å². The third kappa shape index (κ3) is 3.50. The van der Waals surface area contributed by atoms with Gasteiger partial charge in [-0.25, -0.2) is 0 Å². The van der Waals surface area contributed by atoms with E-state index in [9.17, 15) is 14.9 Å². The van der Waals surface area contributed by atoms with Crippen LogP contribution in [0, 0.1) is 17.0 Å². The minimum Gasteiger partial charge on any atom is -0.358 e. The maximum atomic E-state index is 12.2. The number of nitrogens with one attached hydrogen (secondary N) is 2. The summed E-state index contributed by atoms with van der Waals surface area (Å²) in [7, 11) is 0. The van der Waals surface area contributed by atoms with Gasteiger partial charge >= 0.3 is 5.82 Å². The van der Waals surface area contributed by atoms with Crippen molar-refractivity contribution in [1.82, 2.24) is 20.0 Å². The summed E-state index contributed by atoms with van der Waals surface area (Å²) < 4.78 is 1.67. The lowest BCUT2D eigenvalue weighted by atomic mass is 10.1. The molecule has 0 saturated carbocycles. The molecular weight excluding hydrogens is 348 g/mol. The van der Waals surface area contributed by atoms with Crippen LogP contribution in [0.5, 0.6) is 0 Å². The quantitative estimate of drug-likeness (QED) is 0.535. The van der Waals surface area contributed by atoms with Gasteiger partial charge in [-0.3, -0.25) is 9.48 Å². The van der Waals surface area contributed by atoms with E-state index >= 15 is 0 Å². The Kier molecular flexibility index (Phi) is 4.48. The smallest absolute Gasteiger partial charge is 0.358 e. The normalized spacial score (nSPS) is 10.6. The van der Waals surface area contributed by atoms with Crippen molar-refractivity contribution in [2.24, 2.45) is 0 Å². The molecule has 2 aromatic heterocycles. The molecule has 3 aromatic rings. The van der Waals surface area contributed by atoms with E-state index in [2.05, 4.69) is 20.6 Å². The van der Waals surface area contributed by atoms with Crippen LogP contribution in [0.1, 0.15) is 21.6 Å².